The summed E-state index contributed by atoms with van der Waals surface area (Å²) in [6, 6.07) is 8.47. The second kappa shape index (κ2) is 9.59. The number of rotatable bonds is 6. The molecule has 1 saturated heterocycles. The zero-order chi connectivity index (χ0) is 25.4. The van der Waals surface area contributed by atoms with Gasteiger partial charge in [-0.3, -0.25) is 4.68 Å². The third-order valence-electron chi connectivity index (χ3n) is 6.53. The van der Waals surface area contributed by atoms with Gasteiger partial charge < -0.3 is 16.0 Å². The zero-order valence-electron chi connectivity index (χ0n) is 21.2. The molecule has 1 atom stereocenters. The van der Waals surface area contributed by atoms with E-state index in [0.717, 1.165) is 48.1 Å². The minimum Gasteiger partial charge on any atom is -0.369 e. The third kappa shape index (κ3) is 4.50. The highest BCUT2D eigenvalue weighted by Gasteiger charge is 2.22. The Kier molecular flexibility index (Phi) is 6.33. The number of nitrogens with zero attached hydrogens (tertiary/aromatic N) is 8. The van der Waals surface area contributed by atoms with E-state index in [0.29, 0.717) is 23.0 Å². The lowest BCUT2D eigenvalue weighted by Gasteiger charge is -2.34. The molecule has 3 N–H and O–H groups in total. The fourth-order valence-corrected chi connectivity index (χ4v) is 4.65. The van der Waals surface area contributed by atoms with Gasteiger partial charge >= 0.3 is 0 Å². The second-order valence-electron chi connectivity index (χ2n) is 9.93. The van der Waals surface area contributed by atoms with Crippen molar-refractivity contribution in [3.63, 3.8) is 0 Å². The minimum absolute atomic E-state index is 0.0800. The van der Waals surface area contributed by atoms with Gasteiger partial charge in [0.05, 0.1) is 11.6 Å². The maximum atomic E-state index is 9.46. The van der Waals surface area contributed by atoms with Crippen LogP contribution in [0.25, 0.3) is 22.2 Å². The van der Waals surface area contributed by atoms with Crippen molar-refractivity contribution in [2.75, 3.05) is 23.3 Å². The molecule has 36 heavy (non-hydrogen) atoms. The van der Waals surface area contributed by atoms with Crippen molar-refractivity contribution >= 4 is 28.4 Å². The molecule has 1 aliphatic heterocycles. The van der Waals surface area contributed by atoms with Crippen LogP contribution in [0.2, 0.25) is 0 Å². The van der Waals surface area contributed by atoms with E-state index in [2.05, 4.69) is 52.6 Å². The predicted molar refractivity (Wildman–Crippen MR) is 141 cm³/mol. The van der Waals surface area contributed by atoms with Crippen molar-refractivity contribution in [1.29, 1.82) is 5.26 Å². The minimum atomic E-state index is 0.0800. The van der Waals surface area contributed by atoms with E-state index in [1.54, 1.807) is 4.68 Å². The van der Waals surface area contributed by atoms with Crippen molar-refractivity contribution in [2.45, 2.75) is 58.7 Å². The van der Waals surface area contributed by atoms with Crippen molar-refractivity contribution in [2.24, 2.45) is 5.73 Å². The van der Waals surface area contributed by atoms with Gasteiger partial charge in [0.15, 0.2) is 11.3 Å². The molecular weight excluding hydrogens is 452 g/mol. The lowest BCUT2D eigenvalue weighted by atomic mass is 10.0. The molecule has 4 aromatic rings. The summed E-state index contributed by atoms with van der Waals surface area (Å²) in [6.07, 6.45) is 7.94. The Morgan fingerprint density at radius 3 is 2.67 bits per heavy atom. The SMILES string of the molecule is CC(C)n1cc(-c2cnc(Nc3ccc4c(C#N)nn(C(C)C)c4n3)cc2N2CCC[C@H](N)C2)cn1. The second-order valence-corrected chi connectivity index (χ2v) is 9.93. The van der Waals surface area contributed by atoms with E-state index in [1.807, 2.05) is 43.1 Å². The van der Waals surface area contributed by atoms with Gasteiger partial charge in [-0.05, 0) is 52.7 Å². The molecule has 1 fully saturated rings. The molecule has 0 radical (unpaired) electrons. The van der Waals surface area contributed by atoms with Crippen LogP contribution < -0.4 is 16.0 Å². The van der Waals surface area contributed by atoms with Gasteiger partial charge in [-0.15, -0.1) is 0 Å². The van der Waals surface area contributed by atoms with Crippen LogP contribution in [0.1, 0.15) is 58.3 Å². The van der Waals surface area contributed by atoms with Gasteiger partial charge in [-0.1, -0.05) is 0 Å². The van der Waals surface area contributed by atoms with Crippen LogP contribution >= 0.6 is 0 Å². The van der Waals surface area contributed by atoms with E-state index in [9.17, 15) is 5.26 Å². The number of nitriles is 1. The number of hydrogen-bond donors (Lipinski definition) is 2. The van der Waals surface area contributed by atoms with Crippen molar-refractivity contribution in [1.82, 2.24) is 29.5 Å². The molecule has 0 spiro atoms. The summed E-state index contributed by atoms with van der Waals surface area (Å²) in [5, 5.41) is 22.5. The van der Waals surface area contributed by atoms with Crippen LogP contribution in [0.4, 0.5) is 17.3 Å². The van der Waals surface area contributed by atoms with E-state index < -0.39 is 0 Å². The summed E-state index contributed by atoms with van der Waals surface area (Å²) in [5.41, 5.74) is 10.5. The van der Waals surface area contributed by atoms with Gasteiger partial charge in [0.2, 0.25) is 0 Å². The van der Waals surface area contributed by atoms with Gasteiger partial charge in [-0.2, -0.15) is 15.5 Å². The average molecular weight is 485 g/mol. The Bertz CT molecular complexity index is 1420. The smallest absolute Gasteiger partial charge is 0.172 e. The normalized spacial score (nSPS) is 16.2. The largest absolute Gasteiger partial charge is 0.369 e. The highest BCUT2D eigenvalue weighted by atomic mass is 15.3. The first-order valence-electron chi connectivity index (χ1n) is 12.5. The number of pyridine rings is 2. The standard InChI is InChI=1S/C26H32N10/c1-16(2)35-14-18(12-30-35)21-13-29-25(10-23(21)34-9-5-6-19(28)15-34)31-24-8-7-20-22(11-27)33-36(17(3)4)26(20)32-24/h7-8,10,12-14,16-17,19H,5-6,9,15,28H2,1-4H3,(H,29,31,32)/t19-/m0/s1. The summed E-state index contributed by atoms with van der Waals surface area (Å²) >= 11 is 0. The summed E-state index contributed by atoms with van der Waals surface area (Å²) in [4.78, 5) is 11.8. The molecule has 0 amide bonds. The van der Waals surface area contributed by atoms with Crippen LogP contribution in [0.3, 0.4) is 0 Å². The van der Waals surface area contributed by atoms with Crippen molar-refractivity contribution in [3.8, 4) is 17.2 Å². The van der Waals surface area contributed by atoms with Crippen LogP contribution in [-0.2, 0) is 0 Å². The third-order valence-corrected chi connectivity index (χ3v) is 6.53. The Morgan fingerprint density at radius 1 is 1.14 bits per heavy atom. The number of aromatic nitrogens is 6. The molecule has 0 bridgehead atoms. The summed E-state index contributed by atoms with van der Waals surface area (Å²) < 4.78 is 3.74. The van der Waals surface area contributed by atoms with Crippen LogP contribution in [0.5, 0.6) is 0 Å². The highest BCUT2D eigenvalue weighted by molar-refractivity contribution is 5.84. The number of nitrogens with one attached hydrogen (secondary N) is 1. The van der Waals surface area contributed by atoms with Gasteiger partial charge in [-0.25, -0.2) is 14.6 Å². The fourth-order valence-electron chi connectivity index (χ4n) is 4.65. The van der Waals surface area contributed by atoms with Crippen molar-refractivity contribution in [3.05, 3.63) is 42.5 Å². The molecule has 1 aliphatic rings. The van der Waals surface area contributed by atoms with Gasteiger partial charge in [0, 0.05) is 66.5 Å². The monoisotopic (exact) mass is 484 g/mol. The molecule has 5 heterocycles. The van der Waals surface area contributed by atoms with E-state index >= 15 is 0 Å². The maximum Gasteiger partial charge on any atom is 0.172 e. The lowest BCUT2D eigenvalue weighted by molar-refractivity contribution is 0.506. The summed E-state index contributed by atoms with van der Waals surface area (Å²) in [6.45, 7) is 10.0. The Morgan fingerprint density at radius 2 is 1.97 bits per heavy atom. The molecule has 4 aromatic heterocycles. The molecule has 5 rings (SSSR count). The molecule has 10 nitrogen and oxygen atoms in total. The van der Waals surface area contributed by atoms with Gasteiger partial charge in [0.1, 0.15) is 17.7 Å². The first-order chi connectivity index (χ1) is 17.3. The summed E-state index contributed by atoms with van der Waals surface area (Å²) in [5.74, 6) is 1.33. The van der Waals surface area contributed by atoms with Gasteiger partial charge in [0.25, 0.3) is 0 Å². The Hall–Kier alpha value is -3.97. The molecule has 0 saturated carbocycles. The van der Waals surface area contributed by atoms with E-state index in [-0.39, 0.29) is 18.1 Å². The fraction of sp³-hybridized carbons (Fsp3) is 0.423. The maximum absolute atomic E-state index is 9.46. The average Bonchev–Trinajstić information content (AvgIpc) is 3.49. The number of fused-ring (bicyclic) bond motifs is 1. The molecular formula is C26H32N10. The molecule has 0 aromatic carbocycles. The van der Waals surface area contributed by atoms with E-state index in [1.165, 1.54) is 0 Å². The quantitative estimate of drug-likeness (QED) is 0.412. The van der Waals surface area contributed by atoms with Crippen LogP contribution in [0, 0.1) is 11.3 Å². The molecule has 10 heteroatoms. The summed E-state index contributed by atoms with van der Waals surface area (Å²) in [7, 11) is 0. The topological polar surface area (TPSA) is 126 Å². The number of anilines is 3. The van der Waals surface area contributed by atoms with Crippen LogP contribution in [-0.4, -0.2) is 48.7 Å². The Balaban J connectivity index is 1.53. The molecule has 0 unspecified atom stereocenters. The first kappa shape index (κ1) is 23.8. The lowest BCUT2D eigenvalue weighted by Crippen LogP contribution is -2.43. The molecule has 186 valence electrons. The zero-order valence-corrected chi connectivity index (χ0v) is 21.2. The van der Waals surface area contributed by atoms with Crippen molar-refractivity contribution < 1.29 is 0 Å². The number of nitrogens with two attached hydrogens (primary N) is 1. The molecule has 0 aliphatic carbocycles. The highest BCUT2D eigenvalue weighted by Crippen LogP contribution is 2.34. The predicted octanol–water partition coefficient (Wildman–Crippen LogP) is 4.39. The number of piperidine rings is 1. The first-order valence-corrected chi connectivity index (χ1v) is 12.5. The number of hydrogen-bond acceptors (Lipinski definition) is 8. The van der Waals surface area contributed by atoms with Crippen LogP contribution in [0.15, 0.2) is 36.8 Å². The Labute approximate surface area is 210 Å². The van der Waals surface area contributed by atoms with E-state index in [4.69, 9.17) is 15.7 Å².